The fraction of sp³-hybridized carbons (Fsp3) is 0.381. The molecule has 13 heteroatoms. The lowest BCUT2D eigenvalue weighted by molar-refractivity contribution is -0.142. The third-order valence-corrected chi connectivity index (χ3v) is 6.75. The first-order chi connectivity index (χ1) is 15.6. The predicted molar refractivity (Wildman–Crippen MR) is 129 cm³/mol. The lowest BCUT2D eigenvalue weighted by atomic mass is 10.3. The number of carbonyl (C=O) groups excluding carboxylic acids is 1. The van der Waals surface area contributed by atoms with Crippen LogP contribution in [0.15, 0.2) is 56.7 Å². The number of hydrogen-bond donors (Lipinski definition) is 2. The third kappa shape index (κ3) is 7.00. The van der Waals surface area contributed by atoms with Crippen LogP contribution in [0.3, 0.4) is 0 Å². The van der Waals surface area contributed by atoms with Crippen LogP contribution in [0.1, 0.15) is 26.1 Å². The number of nitrogens with one attached hydrogen (secondary N) is 2. The smallest absolute Gasteiger partial charge is 0.459 e. The molecular weight excluding hydrogens is 533 g/mol. The van der Waals surface area contributed by atoms with Crippen molar-refractivity contribution in [2.24, 2.45) is 0 Å². The summed E-state index contributed by atoms with van der Waals surface area (Å²) in [6.07, 6.45) is 3.17. The molecule has 2 heterocycles. The molecule has 0 amide bonds. The molecule has 1 aliphatic rings. The number of ether oxygens (including phenoxy) is 2. The summed E-state index contributed by atoms with van der Waals surface area (Å²) < 4.78 is 36.9. The number of hydrogen-bond acceptors (Lipinski definition) is 8. The maximum atomic E-state index is 13.4. The minimum absolute atomic E-state index is 0. The van der Waals surface area contributed by atoms with Gasteiger partial charge in [-0.1, -0.05) is 29.4 Å². The predicted octanol–water partition coefficient (Wildman–Crippen LogP) is 3.05. The largest absolute Gasteiger partial charge is 0.468 e. The summed E-state index contributed by atoms with van der Waals surface area (Å²) in [5.74, 6) is -0.398. The van der Waals surface area contributed by atoms with E-state index in [0.717, 1.165) is 4.47 Å². The summed E-state index contributed by atoms with van der Waals surface area (Å²) in [4.78, 5) is 37.7. The molecule has 0 fully saturated rings. The Labute approximate surface area is 204 Å². The van der Waals surface area contributed by atoms with E-state index in [1.165, 1.54) is 24.8 Å². The highest BCUT2D eigenvalue weighted by Crippen LogP contribution is 2.45. The number of aromatic amines is 1. The van der Waals surface area contributed by atoms with Crippen molar-refractivity contribution in [2.45, 2.75) is 39.6 Å². The molecule has 1 aromatic carbocycles. The lowest BCUT2D eigenvalue weighted by Gasteiger charge is -2.24. The molecular formula is C21H27BrN3O8P. The van der Waals surface area contributed by atoms with Gasteiger partial charge in [0.25, 0.3) is 5.56 Å². The second kappa shape index (κ2) is 11.8. The standard InChI is InChI=1S/C20H23BrN3O8P.CH4/c1-12-10-24(20(27)22-18(12)25)17-9-8-16(31-17)11-30-33(28,23-13(2)19(26)29-3)32-15-6-4-14(21)5-7-15;/h4-10,13,16-17H,11H2,1-3H3,(H,23,28)(H,22,25,27);1H4. The molecule has 11 nitrogen and oxygen atoms in total. The van der Waals surface area contributed by atoms with Gasteiger partial charge in [-0.05, 0) is 44.2 Å². The van der Waals surface area contributed by atoms with E-state index in [-0.39, 0.29) is 19.8 Å². The Bertz CT molecular complexity index is 1190. The van der Waals surface area contributed by atoms with Gasteiger partial charge in [-0.3, -0.25) is 23.7 Å². The molecule has 0 saturated carbocycles. The maximum Gasteiger partial charge on any atom is 0.459 e. The van der Waals surface area contributed by atoms with Gasteiger partial charge in [0.05, 0.1) is 13.7 Å². The highest BCUT2D eigenvalue weighted by atomic mass is 79.9. The number of rotatable bonds is 9. The Morgan fingerprint density at radius 1 is 1.29 bits per heavy atom. The minimum atomic E-state index is -4.04. The molecule has 4 atom stereocenters. The number of carbonyl (C=O) groups is 1. The van der Waals surface area contributed by atoms with Crippen LogP contribution in [-0.4, -0.2) is 41.4 Å². The Balaban J connectivity index is 0.00000408. The average molecular weight is 560 g/mol. The SMILES string of the molecule is C.COC(=O)C(C)NP(=O)(OCC1C=CC(n2cc(C)c(=O)[nH]c2=O)O1)Oc1ccc(Br)cc1. The first-order valence-electron chi connectivity index (χ1n) is 9.81. The van der Waals surface area contributed by atoms with Crippen molar-refractivity contribution in [3.8, 4) is 5.75 Å². The fourth-order valence-electron chi connectivity index (χ4n) is 2.88. The number of aromatic nitrogens is 2. The van der Waals surface area contributed by atoms with E-state index < -0.39 is 43.3 Å². The number of halogens is 1. The van der Waals surface area contributed by atoms with Gasteiger partial charge in [-0.2, -0.15) is 5.09 Å². The number of H-pyrrole nitrogens is 1. The number of aryl methyl sites for hydroxylation is 1. The fourth-order valence-corrected chi connectivity index (χ4v) is 4.65. The molecule has 2 N–H and O–H groups in total. The van der Waals surface area contributed by atoms with Crippen LogP contribution in [0.2, 0.25) is 0 Å². The Kier molecular flexibility index (Phi) is 9.60. The molecule has 1 aliphatic heterocycles. The molecule has 0 radical (unpaired) electrons. The van der Waals surface area contributed by atoms with E-state index in [9.17, 15) is 18.9 Å². The van der Waals surface area contributed by atoms with Crippen LogP contribution in [0, 0.1) is 6.92 Å². The third-order valence-electron chi connectivity index (χ3n) is 4.58. The van der Waals surface area contributed by atoms with Crippen LogP contribution in [-0.2, 0) is 23.4 Å². The Hall–Kier alpha value is -2.50. The van der Waals surface area contributed by atoms with Crippen LogP contribution < -0.4 is 20.9 Å². The van der Waals surface area contributed by atoms with E-state index in [2.05, 4.69) is 30.7 Å². The second-order valence-electron chi connectivity index (χ2n) is 7.14. The lowest BCUT2D eigenvalue weighted by Crippen LogP contribution is -2.35. The molecule has 0 saturated heterocycles. The van der Waals surface area contributed by atoms with Gasteiger partial charge in [0.1, 0.15) is 17.9 Å². The average Bonchev–Trinajstić information content (AvgIpc) is 3.25. The van der Waals surface area contributed by atoms with Crippen LogP contribution in [0.4, 0.5) is 0 Å². The molecule has 1 aromatic heterocycles. The van der Waals surface area contributed by atoms with E-state index in [1.54, 1.807) is 43.3 Å². The molecule has 4 unspecified atom stereocenters. The number of esters is 1. The number of methoxy groups -OCH3 is 1. The van der Waals surface area contributed by atoms with E-state index in [0.29, 0.717) is 5.56 Å². The highest BCUT2D eigenvalue weighted by molar-refractivity contribution is 9.10. The highest BCUT2D eigenvalue weighted by Gasteiger charge is 2.34. The zero-order valence-corrected chi connectivity index (χ0v) is 20.5. The monoisotopic (exact) mass is 559 g/mol. The summed E-state index contributed by atoms with van der Waals surface area (Å²) >= 11 is 3.31. The van der Waals surface area contributed by atoms with E-state index in [1.807, 2.05) is 0 Å². The van der Waals surface area contributed by atoms with Gasteiger partial charge in [0.2, 0.25) is 0 Å². The molecule has 186 valence electrons. The van der Waals surface area contributed by atoms with Crippen molar-refractivity contribution in [2.75, 3.05) is 13.7 Å². The molecule has 2 aromatic rings. The van der Waals surface area contributed by atoms with Crippen molar-refractivity contribution < 1.29 is 27.9 Å². The van der Waals surface area contributed by atoms with Crippen molar-refractivity contribution in [3.63, 3.8) is 0 Å². The summed E-state index contributed by atoms with van der Waals surface area (Å²) in [6, 6.07) is 5.57. The first-order valence-corrected chi connectivity index (χ1v) is 12.1. The van der Waals surface area contributed by atoms with Gasteiger partial charge in [0.15, 0.2) is 6.23 Å². The van der Waals surface area contributed by atoms with Crippen LogP contribution >= 0.6 is 23.7 Å². The topological polar surface area (TPSA) is 138 Å². The van der Waals surface area contributed by atoms with Crippen LogP contribution in [0.25, 0.3) is 0 Å². The van der Waals surface area contributed by atoms with Gasteiger partial charge in [0, 0.05) is 16.2 Å². The molecule has 0 aliphatic carbocycles. The summed E-state index contributed by atoms with van der Waals surface area (Å²) in [5, 5.41) is 2.55. The first kappa shape index (κ1) is 27.7. The Morgan fingerprint density at radius 2 is 1.97 bits per heavy atom. The molecule has 0 bridgehead atoms. The number of benzene rings is 1. The van der Waals surface area contributed by atoms with Gasteiger partial charge in [-0.25, -0.2) is 9.36 Å². The normalized spacial score (nSPS) is 19.6. The molecule has 3 rings (SSSR count). The summed E-state index contributed by atoms with van der Waals surface area (Å²) in [7, 11) is -2.84. The zero-order chi connectivity index (χ0) is 24.2. The molecule has 0 spiro atoms. The van der Waals surface area contributed by atoms with Crippen molar-refractivity contribution in [1.29, 1.82) is 0 Å². The minimum Gasteiger partial charge on any atom is -0.468 e. The maximum absolute atomic E-state index is 13.4. The second-order valence-corrected chi connectivity index (χ2v) is 9.75. The van der Waals surface area contributed by atoms with Crippen molar-refractivity contribution >= 4 is 29.6 Å². The summed E-state index contributed by atoms with van der Waals surface area (Å²) in [6.45, 7) is 2.82. The van der Waals surface area contributed by atoms with E-state index >= 15 is 0 Å². The summed E-state index contributed by atoms with van der Waals surface area (Å²) in [5.41, 5.74) is -0.755. The Morgan fingerprint density at radius 3 is 2.62 bits per heavy atom. The number of nitrogens with zero attached hydrogens (tertiary/aromatic N) is 1. The van der Waals surface area contributed by atoms with Crippen molar-refractivity contribution in [1.82, 2.24) is 14.6 Å². The van der Waals surface area contributed by atoms with Gasteiger partial charge in [-0.15, -0.1) is 0 Å². The molecule has 34 heavy (non-hydrogen) atoms. The van der Waals surface area contributed by atoms with Gasteiger partial charge >= 0.3 is 19.4 Å². The van der Waals surface area contributed by atoms with Gasteiger partial charge < -0.3 is 14.0 Å². The van der Waals surface area contributed by atoms with Crippen molar-refractivity contribution in [3.05, 3.63) is 73.5 Å². The zero-order valence-electron chi connectivity index (χ0n) is 18.0. The van der Waals surface area contributed by atoms with Crippen LogP contribution in [0.5, 0.6) is 5.75 Å². The quantitative estimate of drug-likeness (QED) is 0.269. The van der Waals surface area contributed by atoms with E-state index in [4.69, 9.17) is 13.8 Å².